The summed E-state index contributed by atoms with van der Waals surface area (Å²) in [5.74, 6) is 1.10. The number of rotatable bonds is 7. The molecule has 0 unspecified atom stereocenters. The Bertz CT molecular complexity index is 576. The van der Waals surface area contributed by atoms with E-state index in [0.717, 1.165) is 6.42 Å². The van der Waals surface area contributed by atoms with E-state index in [-0.39, 0.29) is 18.5 Å². The number of ether oxygens (including phenoxy) is 2. The number of benzene rings is 1. The number of anilines is 1. The predicted molar refractivity (Wildman–Crippen MR) is 87.2 cm³/mol. The van der Waals surface area contributed by atoms with Crippen LogP contribution in [0.4, 0.5) is 10.5 Å². The molecule has 0 aromatic heterocycles. The summed E-state index contributed by atoms with van der Waals surface area (Å²) in [6.45, 7) is 3.68. The van der Waals surface area contributed by atoms with E-state index in [1.54, 1.807) is 37.3 Å². The number of nitrogens with one attached hydrogen (secondary N) is 1. The molecule has 126 valence electrons. The monoisotopic (exact) mass is 321 g/mol. The summed E-state index contributed by atoms with van der Waals surface area (Å²) < 4.78 is 10.5. The van der Waals surface area contributed by atoms with Crippen molar-refractivity contribution >= 4 is 17.6 Å². The molecule has 1 aromatic carbocycles. The van der Waals surface area contributed by atoms with Crippen molar-refractivity contribution in [2.75, 3.05) is 45.3 Å². The molecule has 1 aliphatic rings. The molecular weight excluding hydrogens is 298 g/mol. The predicted octanol–water partition coefficient (Wildman–Crippen LogP) is 1.47. The molecule has 0 spiro atoms. The normalized spacial score (nSPS) is 14.1. The van der Waals surface area contributed by atoms with E-state index in [0.29, 0.717) is 36.8 Å². The highest BCUT2D eigenvalue weighted by Crippen LogP contribution is 2.34. The maximum Gasteiger partial charge on any atom is 0.325 e. The minimum atomic E-state index is -0.205. The first kappa shape index (κ1) is 16.9. The summed E-state index contributed by atoms with van der Waals surface area (Å²) >= 11 is 0. The van der Waals surface area contributed by atoms with Gasteiger partial charge in [0.15, 0.2) is 0 Å². The molecule has 1 aliphatic heterocycles. The molecule has 0 aliphatic carbocycles. The standard InChI is InChI=1S/C16H23N3O4/c1-4-7-17-15(20)11-18-8-9-19(16(18)21)13-10-12(22-2)5-6-14(13)23-3/h5-6,10H,4,7-9,11H2,1-3H3,(H,17,20). The van der Waals surface area contributed by atoms with Crippen molar-refractivity contribution in [3.8, 4) is 11.5 Å². The Morgan fingerprint density at radius 2 is 2.04 bits per heavy atom. The first-order valence-electron chi connectivity index (χ1n) is 7.65. The van der Waals surface area contributed by atoms with Crippen LogP contribution in [0.3, 0.4) is 0 Å². The topological polar surface area (TPSA) is 71.1 Å². The second-order valence-corrected chi connectivity index (χ2v) is 5.24. The average molecular weight is 321 g/mol. The number of amides is 3. The van der Waals surface area contributed by atoms with Crippen molar-refractivity contribution in [1.82, 2.24) is 10.2 Å². The lowest BCUT2D eigenvalue weighted by molar-refractivity contribution is -0.121. The Kier molecular flexibility index (Phi) is 5.67. The number of urea groups is 1. The van der Waals surface area contributed by atoms with Crippen LogP contribution in [0.2, 0.25) is 0 Å². The highest BCUT2D eigenvalue weighted by atomic mass is 16.5. The minimum absolute atomic E-state index is 0.0710. The molecule has 0 radical (unpaired) electrons. The van der Waals surface area contributed by atoms with Crippen LogP contribution in [-0.4, -0.2) is 57.2 Å². The van der Waals surface area contributed by atoms with Crippen molar-refractivity contribution < 1.29 is 19.1 Å². The van der Waals surface area contributed by atoms with E-state index in [1.165, 1.54) is 4.90 Å². The van der Waals surface area contributed by atoms with Gasteiger partial charge in [0.25, 0.3) is 0 Å². The second-order valence-electron chi connectivity index (χ2n) is 5.24. The third-order valence-electron chi connectivity index (χ3n) is 3.68. The van der Waals surface area contributed by atoms with Crippen molar-refractivity contribution in [2.24, 2.45) is 0 Å². The molecule has 1 saturated heterocycles. The maximum absolute atomic E-state index is 12.6. The molecule has 23 heavy (non-hydrogen) atoms. The fourth-order valence-electron chi connectivity index (χ4n) is 2.45. The third-order valence-corrected chi connectivity index (χ3v) is 3.68. The van der Waals surface area contributed by atoms with E-state index in [9.17, 15) is 9.59 Å². The minimum Gasteiger partial charge on any atom is -0.497 e. The van der Waals surface area contributed by atoms with Crippen molar-refractivity contribution in [2.45, 2.75) is 13.3 Å². The van der Waals surface area contributed by atoms with Crippen LogP contribution in [0.15, 0.2) is 18.2 Å². The largest absolute Gasteiger partial charge is 0.497 e. The van der Waals surface area contributed by atoms with E-state index >= 15 is 0 Å². The van der Waals surface area contributed by atoms with Crippen LogP contribution >= 0.6 is 0 Å². The van der Waals surface area contributed by atoms with Gasteiger partial charge in [-0.2, -0.15) is 0 Å². The van der Waals surface area contributed by atoms with Gasteiger partial charge in [0.1, 0.15) is 18.0 Å². The van der Waals surface area contributed by atoms with Gasteiger partial charge >= 0.3 is 6.03 Å². The van der Waals surface area contributed by atoms with Crippen LogP contribution in [-0.2, 0) is 4.79 Å². The Labute approximate surface area is 136 Å². The number of carbonyl (C=O) groups excluding carboxylic acids is 2. The molecule has 2 rings (SSSR count). The molecule has 3 amide bonds. The van der Waals surface area contributed by atoms with Crippen LogP contribution in [0.1, 0.15) is 13.3 Å². The zero-order valence-electron chi connectivity index (χ0n) is 13.8. The molecule has 1 fully saturated rings. The number of hydrogen-bond acceptors (Lipinski definition) is 4. The van der Waals surface area contributed by atoms with Crippen LogP contribution in [0, 0.1) is 0 Å². The Balaban J connectivity index is 2.11. The van der Waals surface area contributed by atoms with Gasteiger partial charge in [-0.1, -0.05) is 6.92 Å². The van der Waals surface area contributed by atoms with E-state index in [4.69, 9.17) is 9.47 Å². The number of nitrogens with zero attached hydrogens (tertiary/aromatic N) is 2. The van der Waals surface area contributed by atoms with Crippen molar-refractivity contribution in [3.63, 3.8) is 0 Å². The highest BCUT2D eigenvalue weighted by Gasteiger charge is 2.32. The van der Waals surface area contributed by atoms with Crippen molar-refractivity contribution in [1.29, 1.82) is 0 Å². The first-order valence-corrected chi connectivity index (χ1v) is 7.65. The lowest BCUT2D eigenvalue weighted by atomic mass is 10.2. The van der Waals surface area contributed by atoms with Crippen molar-refractivity contribution in [3.05, 3.63) is 18.2 Å². The first-order chi connectivity index (χ1) is 11.1. The zero-order chi connectivity index (χ0) is 16.8. The SMILES string of the molecule is CCCNC(=O)CN1CCN(c2cc(OC)ccc2OC)C1=O. The summed E-state index contributed by atoms with van der Waals surface area (Å²) in [5, 5.41) is 2.78. The summed E-state index contributed by atoms with van der Waals surface area (Å²) in [7, 11) is 3.13. The fraction of sp³-hybridized carbons (Fsp3) is 0.500. The second kappa shape index (κ2) is 7.71. The lowest BCUT2D eigenvalue weighted by Crippen LogP contribution is -2.40. The lowest BCUT2D eigenvalue weighted by Gasteiger charge is -2.21. The number of carbonyl (C=O) groups is 2. The van der Waals surface area contributed by atoms with Gasteiger partial charge < -0.3 is 19.7 Å². The van der Waals surface area contributed by atoms with Gasteiger partial charge in [-0.3, -0.25) is 9.69 Å². The van der Waals surface area contributed by atoms with E-state index in [2.05, 4.69) is 5.32 Å². The Hall–Kier alpha value is -2.44. The van der Waals surface area contributed by atoms with E-state index in [1.807, 2.05) is 6.92 Å². The summed E-state index contributed by atoms with van der Waals surface area (Å²) in [6.07, 6.45) is 0.868. The van der Waals surface area contributed by atoms with Gasteiger partial charge in [-0.05, 0) is 18.6 Å². The van der Waals surface area contributed by atoms with Gasteiger partial charge in [0, 0.05) is 25.7 Å². The summed E-state index contributed by atoms with van der Waals surface area (Å²) in [4.78, 5) is 27.5. The third kappa shape index (κ3) is 3.85. The summed E-state index contributed by atoms with van der Waals surface area (Å²) in [5.41, 5.74) is 0.647. The smallest absolute Gasteiger partial charge is 0.325 e. The molecule has 0 atom stereocenters. The van der Waals surface area contributed by atoms with Gasteiger partial charge in [0.05, 0.1) is 19.9 Å². The molecule has 7 nitrogen and oxygen atoms in total. The van der Waals surface area contributed by atoms with Crippen LogP contribution in [0.25, 0.3) is 0 Å². The maximum atomic E-state index is 12.6. The Morgan fingerprint density at radius 1 is 1.26 bits per heavy atom. The Morgan fingerprint density at radius 3 is 2.70 bits per heavy atom. The molecule has 0 bridgehead atoms. The fourth-order valence-corrected chi connectivity index (χ4v) is 2.45. The molecule has 1 N–H and O–H groups in total. The van der Waals surface area contributed by atoms with Crippen LogP contribution in [0.5, 0.6) is 11.5 Å². The average Bonchev–Trinajstić information content (AvgIpc) is 2.92. The summed E-state index contributed by atoms with van der Waals surface area (Å²) in [6, 6.07) is 5.09. The molecular formula is C16H23N3O4. The highest BCUT2D eigenvalue weighted by molar-refractivity contribution is 5.97. The quantitative estimate of drug-likeness (QED) is 0.825. The molecule has 0 saturated carbocycles. The molecule has 1 heterocycles. The van der Waals surface area contributed by atoms with Crippen LogP contribution < -0.4 is 19.7 Å². The number of hydrogen-bond donors (Lipinski definition) is 1. The zero-order valence-corrected chi connectivity index (χ0v) is 13.8. The number of methoxy groups -OCH3 is 2. The molecule has 1 aromatic rings. The van der Waals surface area contributed by atoms with Gasteiger partial charge in [0.2, 0.25) is 5.91 Å². The molecule has 7 heteroatoms. The van der Waals surface area contributed by atoms with E-state index < -0.39 is 0 Å². The van der Waals surface area contributed by atoms with Gasteiger partial charge in [-0.25, -0.2) is 4.79 Å². The van der Waals surface area contributed by atoms with Gasteiger partial charge in [-0.15, -0.1) is 0 Å².